The fourth-order valence-corrected chi connectivity index (χ4v) is 1.36. The lowest BCUT2D eigenvalue weighted by Gasteiger charge is -2.15. The van der Waals surface area contributed by atoms with Crippen LogP contribution in [-0.2, 0) is 6.54 Å². The van der Waals surface area contributed by atoms with Gasteiger partial charge in [-0.2, -0.15) is 0 Å². The van der Waals surface area contributed by atoms with Crippen molar-refractivity contribution in [2.24, 2.45) is 0 Å². The zero-order valence-corrected chi connectivity index (χ0v) is 9.60. The molecule has 88 valence electrons. The Bertz CT molecular complexity index is 353. The average Bonchev–Trinajstić information content (AvgIpc) is 2.29. The summed E-state index contributed by atoms with van der Waals surface area (Å²) in [5.41, 5.74) is 2.23. The summed E-state index contributed by atoms with van der Waals surface area (Å²) in [7, 11) is 3.74. The van der Waals surface area contributed by atoms with E-state index in [0.29, 0.717) is 18.8 Å². The third-order valence-electron chi connectivity index (χ3n) is 2.17. The van der Waals surface area contributed by atoms with E-state index in [1.807, 2.05) is 25.1 Å². The SMILES string of the molecule is CN(C)c1cc(CNCCO)cnc1C=O. The summed E-state index contributed by atoms with van der Waals surface area (Å²) in [6, 6.07) is 1.92. The van der Waals surface area contributed by atoms with Gasteiger partial charge in [-0.3, -0.25) is 9.78 Å². The molecule has 0 saturated carbocycles. The number of carbonyl (C=O) groups excluding carboxylic acids is 1. The first-order chi connectivity index (χ1) is 7.69. The molecule has 16 heavy (non-hydrogen) atoms. The van der Waals surface area contributed by atoms with Gasteiger partial charge in [0.2, 0.25) is 0 Å². The summed E-state index contributed by atoms with van der Waals surface area (Å²) in [5, 5.41) is 11.7. The Morgan fingerprint density at radius 3 is 2.88 bits per heavy atom. The lowest BCUT2D eigenvalue weighted by atomic mass is 10.2. The van der Waals surface area contributed by atoms with Crippen LogP contribution in [0.5, 0.6) is 0 Å². The largest absolute Gasteiger partial charge is 0.395 e. The number of nitrogens with one attached hydrogen (secondary N) is 1. The van der Waals surface area contributed by atoms with Crippen molar-refractivity contribution < 1.29 is 9.90 Å². The molecule has 2 N–H and O–H groups in total. The number of rotatable bonds is 6. The van der Waals surface area contributed by atoms with Gasteiger partial charge in [0.1, 0.15) is 5.69 Å². The van der Waals surface area contributed by atoms with Gasteiger partial charge >= 0.3 is 0 Å². The molecule has 1 heterocycles. The minimum atomic E-state index is 0.111. The second-order valence-corrected chi connectivity index (χ2v) is 3.66. The van der Waals surface area contributed by atoms with Gasteiger partial charge in [-0.25, -0.2) is 0 Å². The van der Waals surface area contributed by atoms with Crippen LogP contribution in [0.3, 0.4) is 0 Å². The molecule has 0 aliphatic heterocycles. The van der Waals surface area contributed by atoms with Crippen molar-refractivity contribution in [2.45, 2.75) is 6.54 Å². The molecule has 5 heteroatoms. The number of aromatic nitrogens is 1. The van der Waals surface area contributed by atoms with Gasteiger partial charge in [-0.05, 0) is 11.6 Å². The van der Waals surface area contributed by atoms with E-state index in [4.69, 9.17) is 5.11 Å². The summed E-state index contributed by atoms with van der Waals surface area (Å²) in [6.07, 6.45) is 2.42. The number of carbonyl (C=O) groups is 1. The van der Waals surface area contributed by atoms with Crippen LogP contribution in [0.4, 0.5) is 5.69 Å². The quantitative estimate of drug-likeness (QED) is 0.526. The molecule has 0 saturated heterocycles. The first kappa shape index (κ1) is 12.6. The predicted molar refractivity (Wildman–Crippen MR) is 62.7 cm³/mol. The Morgan fingerprint density at radius 1 is 1.56 bits per heavy atom. The van der Waals surface area contributed by atoms with E-state index in [0.717, 1.165) is 17.5 Å². The van der Waals surface area contributed by atoms with Crippen molar-refractivity contribution in [3.8, 4) is 0 Å². The zero-order valence-electron chi connectivity index (χ0n) is 9.60. The van der Waals surface area contributed by atoms with E-state index < -0.39 is 0 Å². The number of pyridine rings is 1. The van der Waals surface area contributed by atoms with Crippen molar-refractivity contribution in [3.63, 3.8) is 0 Å². The van der Waals surface area contributed by atoms with E-state index in [2.05, 4.69) is 10.3 Å². The molecule has 0 radical (unpaired) electrons. The van der Waals surface area contributed by atoms with Crippen LogP contribution >= 0.6 is 0 Å². The second-order valence-electron chi connectivity index (χ2n) is 3.66. The van der Waals surface area contributed by atoms with Crippen molar-refractivity contribution in [1.82, 2.24) is 10.3 Å². The van der Waals surface area contributed by atoms with E-state index in [1.165, 1.54) is 0 Å². The lowest BCUT2D eigenvalue weighted by Crippen LogP contribution is -2.19. The van der Waals surface area contributed by atoms with Crippen LogP contribution in [0.15, 0.2) is 12.3 Å². The maximum atomic E-state index is 10.8. The molecule has 1 rings (SSSR count). The highest BCUT2D eigenvalue weighted by atomic mass is 16.3. The van der Waals surface area contributed by atoms with Gasteiger partial charge in [0.25, 0.3) is 0 Å². The summed E-state index contributed by atoms with van der Waals surface area (Å²) < 4.78 is 0. The van der Waals surface area contributed by atoms with Crippen molar-refractivity contribution in [1.29, 1.82) is 0 Å². The maximum Gasteiger partial charge on any atom is 0.170 e. The molecule has 0 aromatic carbocycles. The fraction of sp³-hybridized carbons (Fsp3) is 0.455. The van der Waals surface area contributed by atoms with Crippen LogP contribution in [0.1, 0.15) is 16.1 Å². The number of nitrogens with zero attached hydrogens (tertiary/aromatic N) is 2. The Balaban J connectivity index is 2.80. The molecule has 1 aromatic rings. The second kappa shape index (κ2) is 6.19. The van der Waals surface area contributed by atoms with Crippen molar-refractivity contribution >= 4 is 12.0 Å². The standard InChI is InChI=1S/C11H17N3O2/c1-14(2)11-5-9(6-12-3-4-15)7-13-10(11)8-16/h5,7-8,12,15H,3-4,6H2,1-2H3. The number of hydrogen-bond acceptors (Lipinski definition) is 5. The maximum absolute atomic E-state index is 10.8. The highest BCUT2D eigenvalue weighted by Crippen LogP contribution is 2.16. The molecule has 0 amide bonds. The molecule has 5 nitrogen and oxygen atoms in total. The average molecular weight is 223 g/mol. The predicted octanol–water partition coefficient (Wildman–Crippen LogP) is 0.0420. The normalized spacial score (nSPS) is 10.2. The lowest BCUT2D eigenvalue weighted by molar-refractivity contribution is 0.111. The topological polar surface area (TPSA) is 65.5 Å². The van der Waals surface area contributed by atoms with Crippen LogP contribution in [0.25, 0.3) is 0 Å². The van der Waals surface area contributed by atoms with E-state index >= 15 is 0 Å². The van der Waals surface area contributed by atoms with Gasteiger partial charge in [-0.15, -0.1) is 0 Å². The van der Waals surface area contributed by atoms with Gasteiger partial charge in [0.05, 0.1) is 12.3 Å². The molecule has 0 aliphatic carbocycles. The number of hydrogen-bond donors (Lipinski definition) is 2. The molecule has 0 fully saturated rings. The third kappa shape index (κ3) is 3.29. The van der Waals surface area contributed by atoms with Crippen LogP contribution in [0, 0.1) is 0 Å². The number of aliphatic hydroxyl groups is 1. The Labute approximate surface area is 95.1 Å². The molecule has 0 unspecified atom stereocenters. The van der Waals surface area contributed by atoms with Gasteiger partial charge in [0.15, 0.2) is 6.29 Å². The van der Waals surface area contributed by atoms with Gasteiger partial charge in [-0.1, -0.05) is 0 Å². The molecule has 0 atom stereocenters. The molecular weight excluding hydrogens is 206 g/mol. The smallest absolute Gasteiger partial charge is 0.170 e. The highest BCUT2D eigenvalue weighted by Gasteiger charge is 2.06. The molecule has 0 aliphatic rings. The minimum Gasteiger partial charge on any atom is -0.395 e. The molecular formula is C11H17N3O2. The van der Waals surface area contributed by atoms with Gasteiger partial charge < -0.3 is 15.3 Å². The van der Waals surface area contributed by atoms with E-state index in [-0.39, 0.29) is 6.61 Å². The van der Waals surface area contributed by atoms with E-state index in [1.54, 1.807) is 6.20 Å². The molecule has 0 bridgehead atoms. The first-order valence-electron chi connectivity index (χ1n) is 5.12. The minimum absolute atomic E-state index is 0.111. The Morgan fingerprint density at radius 2 is 2.31 bits per heavy atom. The third-order valence-corrected chi connectivity index (χ3v) is 2.17. The van der Waals surface area contributed by atoms with Crippen LogP contribution in [0.2, 0.25) is 0 Å². The Hall–Kier alpha value is -1.46. The van der Waals surface area contributed by atoms with E-state index in [9.17, 15) is 4.79 Å². The summed E-state index contributed by atoms with van der Waals surface area (Å²) in [4.78, 5) is 16.7. The first-order valence-corrected chi connectivity index (χ1v) is 5.12. The fourth-order valence-electron chi connectivity index (χ4n) is 1.36. The van der Waals surface area contributed by atoms with Gasteiger partial charge in [0, 0.05) is 33.4 Å². The van der Waals surface area contributed by atoms with Crippen molar-refractivity contribution in [2.75, 3.05) is 32.1 Å². The Kier molecular flexibility index (Phi) is 4.88. The van der Waals surface area contributed by atoms with Crippen LogP contribution in [-0.4, -0.2) is 43.6 Å². The number of anilines is 1. The summed E-state index contributed by atoms with van der Waals surface area (Å²) in [6.45, 7) is 1.29. The highest BCUT2D eigenvalue weighted by molar-refractivity contribution is 5.81. The molecule has 0 spiro atoms. The van der Waals surface area contributed by atoms with Crippen molar-refractivity contribution in [3.05, 3.63) is 23.5 Å². The summed E-state index contributed by atoms with van der Waals surface area (Å²) in [5.74, 6) is 0. The van der Waals surface area contributed by atoms with Crippen LogP contribution < -0.4 is 10.2 Å². The molecule has 1 aromatic heterocycles. The monoisotopic (exact) mass is 223 g/mol. The number of aliphatic hydroxyl groups excluding tert-OH is 1. The summed E-state index contributed by atoms with van der Waals surface area (Å²) >= 11 is 0. The zero-order chi connectivity index (χ0) is 12.0. The number of aldehydes is 1.